The largest absolute Gasteiger partial charge is 0.496 e. The summed E-state index contributed by atoms with van der Waals surface area (Å²) in [6.07, 6.45) is 4.62. The van der Waals surface area contributed by atoms with Gasteiger partial charge in [0.1, 0.15) is 17.1 Å². The lowest BCUT2D eigenvalue weighted by atomic mass is 10.1. The number of nitrogens with one attached hydrogen (secondary N) is 2. The average molecular weight is 489 g/mol. The van der Waals surface area contributed by atoms with Gasteiger partial charge in [0.2, 0.25) is 0 Å². The Morgan fingerprint density at radius 1 is 1.03 bits per heavy atom. The summed E-state index contributed by atoms with van der Waals surface area (Å²) in [4.78, 5) is 19.1. The van der Waals surface area contributed by atoms with E-state index in [4.69, 9.17) is 14.7 Å². The zero-order valence-corrected chi connectivity index (χ0v) is 21.4. The number of rotatable bonds is 8. The molecular formula is C27H32N6OS. The number of hydrogen-bond donors (Lipinski definition) is 2. The van der Waals surface area contributed by atoms with Crippen LogP contribution >= 0.6 is 11.8 Å². The number of benzene rings is 2. The van der Waals surface area contributed by atoms with Crippen molar-refractivity contribution in [2.24, 2.45) is 0 Å². The Hall–Kier alpha value is -3.23. The van der Waals surface area contributed by atoms with Crippen molar-refractivity contribution in [3.63, 3.8) is 0 Å². The molecule has 1 fully saturated rings. The van der Waals surface area contributed by atoms with E-state index in [0.29, 0.717) is 13.0 Å². The third kappa shape index (κ3) is 5.23. The molecule has 0 aliphatic carbocycles. The van der Waals surface area contributed by atoms with Gasteiger partial charge in [-0.15, -0.1) is 11.8 Å². The van der Waals surface area contributed by atoms with E-state index in [2.05, 4.69) is 75.9 Å². The Morgan fingerprint density at radius 3 is 2.66 bits per heavy atom. The van der Waals surface area contributed by atoms with E-state index in [9.17, 15) is 0 Å². The molecule has 1 aliphatic rings. The van der Waals surface area contributed by atoms with E-state index in [0.717, 1.165) is 60.2 Å². The quantitative estimate of drug-likeness (QED) is 0.350. The molecule has 2 aromatic carbocycles. The number of piperazine rings is 1. The first-order valence-electron chi connectivity index (χ1n) is 11.9. The number of ether oxygens (including phenoxy) is 1. The van der Waals surface area contributed by atoms with Crippen LogP contribution in [0.3, 0.4) is 0 Å². The highest BCUT2D eigenvalue weighted by Gasteiger charge is 2.17. The van der Waals surface area contributed by atoms with Gasteiger partial charge in [0.15, 0.2) is 5.82 Å². The zero-order chi connectivity index (χ0) is 24.2. The summed E-state index contributed by atoms with van der Waals surface area (Å²) in [5, 5.41) is 3.54. The van der Waals surface area contributed by atoms with Gasteiger partial charge in [0, 0.05) is 67.6 Å². The van der Waals surface area contributed by atoms with Crippen LogP contribution in [0.2, 0.25) is 0 Å². The number of thioether (sulfide) groups is 1. The standard InChI is InChI=1S/C27H32N6OS/c1-32-12-14-33(15-13-32)21-9-8-19(23(17-21)34-2)16-25-30-22-10-11-28-26(22)27(31-25)29-18-20-6-4-5-7-24(20)35-3/h4-11,17,28H,12-16,18H2,1-3H3,(H,29,30,31). The normalized spacial score (nSPS) is 14.4. The highest BCUT2D eigenvalue weighted by Crippen LogP contribution is 2.29. The number of aromatic nitrogens is 3. The molecule has 0 amide bonds. The third-order valence-corrected chi connectivity index (χ3v) is 7.42. The van der Waals surface area contributed by atoms with E-state index >= 15 is 0 Å². The summed E-state index contributed by atoms with van der Waals surface area (Å²) >= 11 is 1.76. The minimum atomic E-state index is 0.601. The van der Waals surface area contributed by atoms with E-state index < -0.39 is 0 Å². The van der Waals surface area contributed by atoms with Gasteiger partial charge >= 0.3 is 0 Å². The summed E-state index contributed by atoms with van der Waals surface area (Å²) in [6.45, 7) is 4.91. The van der Waals surface area contributed by atoms with Crippen LogP contribution in [0.5, 0.6) is 5.75 Å². The fraction of sp³-hybridized carbons (Fsp3) is 0.333. The minimum absolute atomic E-state index is 0.601. The van der Waals surface area contributed by atoms with Crippen molar-refractivity contribution in [1.82, 2.24) is 19.9 Å². The number of hydrogen-bond acceptors (Lipinski definition) is 7. The summed E-state index contributed by atoms with van der Waals surface area (Å²) in [5.74, 6) is 2.46. The van der Waals surface area contributed by atoms with E-state index in [1.54, 1.807) is 18.9 Å². The van der Waals surface area contributed by atoms with Crippen LogP contribution in [0.15, 0.2) is 59.6 Å². The maximum Gasteiger partial charge on any atom is 0.154 e. The number of H-pyrrole nitrogens is 1. The van der Waals surface area contributed by atoms with Crippen LogP contribution in [-0.2, 0) is 13.0 Å². The van der Waals surface area contributed by atoms with Crippen molar-refractivity contribution >= 4 is 34.3 Å². The first-order valence-corrected chi connectivity index (χ1v) is 13.2. The number of aromatic amines is 1. The summed E-state index contributed by atoms with van der Waals surface area (Å²) in [6, 6.07) is 16.9. The van der Waals surface area contributed by atoms with Gasteiger partial charge in [-0.05, 0) is 37.1 Å². The molecule has 0 atom stereocenters. The number of methoxy groups -OCH3 is 1. The molecule has 0 bridgehead atoms. The molecule has 5 rings (SSSR count). The topological polar surface area (TPSA) is 69.3 Å². The highest BCUT2D eigenvalue weighted by atomic mass is 32.2. The van der Waals surface area contributed by atoms with E-state index in [1.165, 1.54) is 16.1 Å². The van der Waals surface area contributed by atoms with Crippen LogP contribution in [0.1, 0.15) is 17.0 Å². The molecule has 3 heterocycles. The Morgan fingerprint density at radius 2 is 1.86 bits per heavy atom. The summed E-state index contributed by atoms with van der Waals surface area (Å²) < 4.78 is 5.79. The molecule has 0 unspecified atom stereocenters. The summed E-state index contributed by atoms with van der Waals surface area (Å²) in [7, 11) is 3.91. The first-order chi connectivity index (χ1) is 17.1. The van der Waals surface area contributed by atoms with Gasteiger partial charge < -0.3 is 24.8 Å². The van der Waals surface area contributed by atoms with Crippen molar-refractivity contribution in [2.75, 3.05) is 56.8 Å². The molecule has 1 aliphatic heterocycles. The van der Waals surface area contributed by atoms with Crippen molar-refractivity contribution in [2.45, 2.75) is 17.9 Å². The maximum atomic E-state index is 5.79. The molecule has 4 aromatic rings. The van der Waals surface area contributed by atoms with Crippen LogP contribution in [0.4, 0.5) is 11.5 Å². The van der Waals surface area contributed by atoms with Crippen LogP contribution in [-0.4, -0.2) is 66.4 Å². The fourth-order valence-electron chi connectivity index (χ4n) is 4.54. The molecule has 1 saturated heterocycles. The molecular weight excluding hydrogens is 456 g/mol. The monoisotopic (exact) mass is 488 g/mol. The Kier molecular flexibility index (Phi) is 7.11. The highest BCUT2D eigenvalue weighted by molar-refractivity contribution is 7.98. The summed E-state index contributed by atoms with van der Waals surface area (Å²) in [5.41, 5.74) is 5.37. The lowest BCUT2D eigenvalue weighted by Gasteiger charge is -2.34. The number of nitrogens with zero attached hydrogens (tertiary/aromatic N) is 4. The van der Waals surface area contributed by atoms with Crippen molar-refractivity contribution < 1.29 is 4.74 Å². The van der Waals surface area contributed by atoms with Gasteiger partial charge in [-0.1, -0.05) is 24.3 Å². The fourth-order valence-corrected chi connectivity index (χ4v) is 5.16. The lowest BCUT2D eigenvalue weighted by Crippen LogP contribution is -2.44. The average Bonchev–Trinajstić information content (AvgIpc) is 3.37. The van der Waals surface area contributed by atoms with Gasteiger partial charge in [0.25, 0.3) is 0 Å². The molecule has 0 saturated carbocycles. The van der Waals surface area contributed by atoms with Crippen LogP contribution in [0.25, 0.3) is 11.0 Å². The SMILES string of the molecule is COc1cc(N2CCN(C)CC2)ccc1Cc1nc(NCc2ccccc2SC)c2[nH]ccc2n1. The van der Waals surface area contributed by atoms with Gasteiger partial charge in [0.05, 0.1) is 12.6 Å². The molecule has 7 nitrogen and oxygen atoms in total. The zero-order valence-electron chi connectivity index (χ0n) is 20.5. The lowest BCUT2D eigenvalue weighted by molar-refractivity contribution is 0.312. The third-order valence-electron chi connectivity index (χ3n) is 6.58. The van der Waals surface area contributed by atoms with E-state index in [-0.39, 0.29) is 0 Å². The van der Waals surface area contributed by atoms with Gasteiger partial charge in [-0.3, -0.25) is 0 Å². The molecule has 35 heavy (non-hydrogen) atoms. The van der Waals surface area contributed by atoms with E-state index in [1.807, 2.05) is 12.3 Å². The molecule has 2 aromatic heterocycles. The number of fused-ring (bicyclic) bond motifs is 1. The number of likely N-dealkylation sites (N-methyl/N-ethyl adjacent to an activating group) is 1. The Bertz CT molecular complexity index is 1300. The smallest absolute Gasteiger partial charge is 0.154 e. The maximum absolute atomic E-state index is 5.79. The molecule has 8 heteroatoms. The second-order valence-electron chi connectivity index (χ2n) is 8.86. The molecule has 0 radical (unpaired) electrons. The van der Waals surface area contributed by atoms with Crippen molar-refractivity contribution in [3.05, 3.63) is 71.7 Å². The molecule has 2 N–H and O–H groups in total. The Labute approximate surface area is 210 Å². The molecule has 0 spiro atoms. The number of anilines is 2. The second-order valence-corrected chi connectivity index (χ2v) is 9.70. The molecule has 182 valence electrons. The second kappa shape index (κ2) is 10.6. The van der Waals surface area contributed by atoms with Gasteiger partial charge in [-0.25, -0.2) is 9.97 Å². The minimum Gasteiger partial charge on any atom is -0.496 e. The predicted molar refractivity (Wildman–Crippen MR) is 145 cm³/mol. The first kappa shape index (κ1) is 23.5. The van der Waals surface area contributed by atoms with Crippen molar-refractivity contribution in [1.29, 1.82) is 0 Å². The van der Waals surface area contributed by atoms with Crippen LogP contribution < -0.4 is 15.0 Å². The predicted octanol–water partition coefficient (Wildman–Crippen LogP) is 4.64. The van der Waals surface area contributed by atoms with Crippen LogP contribution in [0, 0.1) is 0 Å². The van der Waals surface area contributed by atoms with Gasteiger partial charge in [-0.2, -0.15) is 0 Å². The Balaban J connectivity index is 1.38. The van der Waals surface area contributed by atoms with Crippen molar-refractivity contribution in [3.8, 4) is 5.75 Å².